The van der Waals surface area contributed by atoms with Gasteiger partial charge in [-0.2, -0.15) is 0 Å². The van der Waals surface area contributed by atoms with Crippen LogP contribution in [0.15, 0.2) is 48.6 Å². The van der Waals surface area contributed by atoms with Crippen LogP contribution >= 0.6 is 0 Å². The molecule has 0 aliphatic heterocycles. The molecule has 6 nitrogen and oxygen atoms in total. The SMILES string of the molecule is NC(C(=O)[O-])C1C=CC=C1.NC(C(=O)[O-])C1C=CC=C1.[Zn+2]. The number of nitrogens with two attached hydrogens (primary N) is 2. The average Bonchev–Trinajstić information content (AvgIpc) is 3.10. The van der Waals surface area contributed by atoms with Crippen LogP contribution in [0.4, 0.5) is 0 Å². The van der Waals surface area contributed by atoms with E-state index in [1.165, 1.54) is 0 Å². The molecule has 2 aliphatic rings. The second-order valence-electron chi connectivity index (χ2n) is 4.38. The first-order valence-corrected chi connectivity index (χ1v) is 6.06. The first kappa shape index (κ1) is 19.4. The van der Waals surface area contributed by atoms with Crippen molar-refractivity contribution in [2.24, 2.45) is 23.3 Å². The number of carboxylic acids is 2. The van der Waals surface area contributed by atoms with Gasteiger partial charge in [0.2, 0.25) is 0 Å². The van der Waals surface area contributed by atoms with Crippen LogP contribution in [-0.2, 0) is 29.1 Å². The Kier molecular flexibility index (Phi) is 8.70. The van der Waals surface area contributed by atoms with Gasteiger partial charge in [-0.25, -0.2) is 0 Å². The summed E-state index contributed by atoms with van der Waals surface area (Å²) < 4.78 is 0. The van der Waals surface area contributed by atoms with Crippen molar-refractivity contribution in [2.75, 3.05) is 0 Å². The van der Waals surface area contributed by atoms with E-state index in [9.17, 15) is 19.8 Å². The minimum atomic E-state index is -1.21. The largest absolute Gasteiger partial charge is 2.00 e. The van der Waals surface area contributed by atoms with Crippen molar-refractivity contribution < 1.29 is 39.3 Å². The number of aliphatic carboxylic acids is 2. The first-order valence-electron chi connectivity index (χ1n) is 6.06. The Morgan fingerprint density at radius 2 is 1.00 bits per heavy atom. The third-order valence-corrected chi connectivity index (χ3v) is 2.93. The summed E-state index contributed by atoms with van der Waals surface area (Å²) in [6.45, 7) is 0. The maximum atomic E-state index is 10.2. The van der Waals surface area contributed by atoms with E-state index < -0.39 is 24.0 Å². The fraction of sp³-hybridized carbons (Fsp3) is 0.286. The van der Waals surface area contributed by atoms with E-state index in [0.29, 0.717) is 0 Å². The van der Waals surface area contributed by atoms with E-state index in [4.69, 9.17) is 11.5 Å². The van der Waals surface area contributed by atoms with E-state index >= 15 is 0 Å². The Morgan fingerprint density at radius 3 is 1.19 bits per heavy atom. The topological polar surface area (TPSA) is 132 Å². The quantitative estimate of drug-likeness (QED) is 0.548. The standard InChI is InChI=1S/2C7H9NO2.Zn/c2*8-6(7(9)10)5-3-1-2-4-5;/h2*1-6H,8H2,(H,9,10);/q;;+2/p-2. The van der Waals surface area contributed by atoms with E-state index in [0.717, 1.165) is 0 Å². The van der Waals surface area contributed by atoms with Crippen LogP contribution in [0.5, 0.6) is 0 Å². The summed E-state index contributed by atoms with van der Waals surface area (Å²) in [7, 11) is 0. The van der Waals surface area contributed by atoms with Gasteiger partial charge in [0, 0.05) is 11.8 Å². The van der Waals surface area contributed by atoms with Crippen molar-refractivity contribution in [3.05, 3.63) is 48.6 Å². The van der Waals surface area contributed by atoms with Crippen LogP contribution in [0.1, 0.15) is 0 Å². The zero-order valence-electron chi connectivity index (χ0n) is 11.4. The zero-order chi connectivity index (χ0) is 15.1. The fourth-order valence-electron chi connectivity index (χ4n) is 1.69. The third-order valence-electron chi connectivity index (χ3n) is 2.93. The summed E-state index contributed by atoms with van der Waals surface area (Å²) in [5.74, 6) is -2.79. The molecule has 21 heavy (non-hydrogen) atoms. The van der Waals surface area contributed by atoms with Gasteiger partial charge in [0.1, 0.15) is 0 Å². The molecule has 0 saturated heterocycles. The Balaban J connectivity index is 0.000000364. The predicted octanol–water partition coefficient (Wildman–Crippen LogP) is -2.39. The number of allylic oxidation sites excluding steroid dienone is 4. The van der Waals surface area contributed by atoms with E-state index in [1.54, 1.807) is 48.6 Å². The predicted molar refractivity (Wildman–Crippen MR) is 69.5 cm³/mol. The van der Waals surface area contributed by atoms with Crippen molar-refractivity contribution in [3.8, 4) is 0 Å². The monoisotopic (exact) mass is 340 g/mol. The van der Waals surface area contributed by atoms with Crippen molar-refractivity contribution in [3.63, 3.8) is 0 Å². The van der Waals surface area contributed by atoms with Gasteiger partial charge in [0.15, 0.2) is 0 Å². The fourth-order valence-corrected chi connectivity index (χ4v) is 1.69. The molecule has 0 saturated carbocycles. The molecule has 7 heteroatoms. The Bertz CT molecular complexity index is 417. The molecular weight excluding hydrogens is 326 g/mol. The van der Waals surface area contributed by atoms with Crippen LogP contribution in [0.3, 0.4) is 0 Å². The minimum absolute atomic E-state index is 0. The van der Waals surface area contributed by atoms with Crippen molar-refractivity contribution in [2.45, 2.75) is 12.1 Å². The first-order chi connectivity index (χ1) is 9.43. The van der Waals surface area contributed by atoms with Crippen molar-refractivity contribution in [1.29, 1.82) is 0 Å². The van der Waals surface area contributed by atoms with Crippen LogP contribution in [0, 0.1) is 11.8 Å². The molecule has 0 spiro atoms. The molecule has 2 unspecified atom stereocenters. The average molecular weight is 342 g/mol. The molecule has 2 rings (SSSR count). The maximum absolute atomic E-state index is 10.2. The number of carbonyl (C=O) groups excluding carboxylic acids is 2. The van der Waals surface area contributed by atoms with Gasteiger partial charge in [-0.15, -0.1) is 0 Å². The van der Waals surface area contributed by atoms with Crippen LogP contribution < -0.4 is 21.7 Å². The summed E-state index contributed by atoms with van der Waals surface area (Å²) in [5.41, 5.74) is 10.5. The van der Waals surface area contributed by atoms with Gasteiger partial charge in [-0.1, -0.05) is 48.6 Å². The molecule has 0 amide bonds. The van der Waals surface area contributed by atoms with E-state index in [1.807, 2.05) is 0 Å². The van der Waals surface area contributed by atoms with Gasteiger partial charge < -0.3 is 31.3 Å². The van der Waals surface area contributed by atoms with Gasteiger partial charge in [-0.05, 0) is 0 Å². The Morgan fingerprint density at radius 1 is 0.762 bits per heavy atom. The van der Waals surface area contributed by atoms with Gasteiger partial charge in [0.05, 0.1) is 24.0 Å². The second kappa shape index (κ2) is 9.39. The molecule has 0 aromatic carbocycles. The third kappa shape index (κ3) is 6.16. The number of carboxylic acid groups (broad SMARTS) is 2. The van der Waals surface area contributed by atoms with E-state index in [-0.39, 0.29) is 31.3 Å². The molecule has 0 heterocycles. The molecule has 108 valence electrons. The van der Waals surface area contributed by atoms with Crippen molar-refractivity contribution >= 4 is 11.9 Å². The summed E-state index contributed by atoms with van der Waals surface area (Å²) in [6, 6.07) is -1.81. The van der Waals surface area contributed by atoms with Gasteiger partial charge in [0.25, 0.3) is 0 Å². The smallest absolute Gasteiger partial charge is 0.548 e. The van der Waals surface area contributed by atoms with Crippen LogP contribution in [-0.4, -0.2) is 24.0 Å². The number of carbonyl (C=O) groups is 2. The molecule has 0 aromatic heterocycles. The molecule has 0 fully saturated rings. The number of rotatable bonds is 4. The van der Waals surface area contributed by atoms with E-state index in [2.05, 4.69) is 0 Å². The summed E-state index contributed by atoms with van der Waals surface area (Å²) >= 11 is 0. The molecule has 4 N–H and O–H groups in total. The Labute approximate surface area is 135 Å². The summed E-state index contributed by atoms with van der Waals surface area (Å²) in [5, 5.41) is 20.4. The summed E-state index contributed by atoms with van der Waals surface area (Å²) in [4.78, 5) is 20.4. The molecule has 2 aliphatic carbocycles. The molecule has 0 radical (unpaired) electrons. The molecule has 2 atom stereocenters. The van der Waals surface area contributed by atoms with Crippen molar-refractivity contribution in [1.82, 2.24) is 0 Å². The van der Waals surface area contributed by atoms with Crippen LogP contribution in [0.25, 0.3) is 0 Å². The Hall–Kier alpha value is -1.56. The van der Waals surface area contributed by atoms with Gasteiger partial charge >= 0.3 is 19.5 Å². The number of hydrogen-bond acceptors (Lipinski definition) is 6. The van der Waals surface area contributed by atoms with Gasteiger partial charge in [-0.3, -0.25) is 0 Å². The molecule has 0 bridgehead atoms. The summed E-state index contributed by atoms with van der Waals surface area (Å²) in [6.07, 6.45) is 14.0. The number of hydrogen-bond donors (Lipinski definition) is 2. The second-order valence-corrected chi connectivity index (χ2v) is 4.38. The molecule has 0 aromatic rings. The normalized spacial score (nSPS) is 18.8. The van der Waals surface area contributed by atoms with Crippen LogP contribution in [0.2, 0.25) is 0 Å². The molecular formula is C14H16N2O4Zn. The minimum Gasteiger partial charge on any atom is -0.548 e. The zero-order valence-corrected chi connectivity index (χ0v) is 14.4. The maximum Gasteiger partial charge on any atom is 2.00 e.